The summed E-state index contributed by atoms with van der Waals surface area (Å²) in [6, 6.07) is 0.498. The minimum atomic E-state index is -1.04. The molecule has 1 aromatic carbocycles. The molecule has 2 rings (SSSR count). The van der Waals surface area contributed by atoms with Gasteiger partial charge in [0.25, 0.3) is 0 Å². The molecule has 1 fully saturated rings. The van der Waals surface area contributed by atoms with Crippen molar-refractivity contribution >= 4 is 11.6 Å². The Kier molecular flexibility index (Phi) is 2.95. The summed E-state index contributed by atoms with van der Waals surface area (Å²) >= 11 is 0. The molecule has 1 aliphatic rings. The minimum absolute atomic E-state index is 0.229. The third-order valence-electron chi connectivity index (χ3n) is 2.75. The molecule has 3 nitrogen and oxygen atoms in total. The maximum atomic E-state index is 13.3. The number of benzene rings is 1. The van der Waals surface area contributed by atoms with E-state index in [1.807, 2.05) is 0 Å². The van der Waals surface area contributed by atoms with Gasteiger partial charge in [-0.1, -0.05) is 0 Å². The smallest absolute Gasteiger partial charge is 0.244 e. The summed E-state index contributed by atoms with van der Waals surface area (Å²) in [7, 11) is 1.61. The van der Waals surface area contributed by atoms with Gasteiger partial charge in [0.15, 0.2) is 11.6 Å². The summed E-state index contributed by atoms with van der Waals surface area (Å²) in [4.78, 5) is 13.0. The van der Waals surface area contributed by atoms with Crippen molar-refractivity contribution in [3.05, 3.63) is 29.6 Å². The summed E-state index contributed by atoms with van der Waals surface area (Å²) in [5.41, 5.74) is -0.458. The highest BCUT2D eigenvalue weighted by Crippen LogP contribution is 2.23. The van der Waals surface area contributed by atoms with Gasteiger partial charge in [-0.3, -0.25) is 4.79 Å². The first kappa shape index (κ1) is 11.8. The molecule has 0 radical (unpaired) electrons. The van der Waals surface area contributed by atoms with Crippen LogP contribution < -0.4 is 5.32 Å². The van der Waals surface area contributed by atoms with Crippen molar-refractivity contribution in [1.82, 2.24) is 4.90 Å². The van der Waals surface area contributed by atoms with Crippen LogP contribution >= 0.6 is 0 Å². The average molecular weight is 244 g/mol. The fraction of sp³-hybridized carbons (Fsp3) is 0.364. The van der Waals surface area contributed by atoms with E-state index in [9.17, 15) is 18.0 Å². The number of carbonyl (C=O) groups is 1. The van der Waals surface area contributed by atoms with Crippen molar-refractivity contribution in [3.8, 4) is 0 Å². The van der Waals surface area contributed by atoms with Crippen LogP contribution in [0, 0.1) is 17.5 Å². The number of hydrogen-bond acceptors (Lipinski definition) is 2. The zero-order valence-corrected chi connectivity index (χ0v) is 9.14. The molecular formula is C11H11F3N2O. The summed E-state index contributed by atoms with van der Waals surface area (Å²) in [6.07, 6.45) is 0.464. The van der Waals surface area contributed by atoms with Crippen LogP contribution in [0.1, 0.15) is 6.42 Å². The molecule has 1 saturated heterocycles. The van der Waals surface area contributed by atoms with E-state index >= 15 is 0 Å². The Bertz CT molecular complexity index is 441. The Morgan fingerprint density at radius 1 is 1.29 bits per heavy atom. The molecule has 1 amide bonds. The summed E-state index contributed by atoms with van der Waals surface area (Å²) < 4.78 is 39.3. The maximum absolute atomic E-state index is 13.3. The van der Waals surface area contributed by atoms with E-state index < -0.39 is 29.2 Å². The summed E-state index contributed by atoms with van der Waals surface area (Å²) in [5, 5.41) is 2.48. The van der Waals surface area contributed by atoms with Crippen LogP contribution in [0.2, 0.25) is 0 Å². The van der Waals surface area contributed by atoms with E-state index in [0.717, 1.165) is 0 Å². The standard InChI is InChI=1S/C11H11F3N2O/c1-16-3-2-9(11(16)17)15-10-7(13)4-6(12)5-8(10)14/h4-5,9,15H,2-3H2,1H3. The van der Waals surface area contributed by atoms with Crippen LogP contribution in [0.15, 0.2) is 12.1 Å². The zero-order valence-electron chi connectivity index (χ0n) is 9.14. The first-order valence-corrected chi connectivity index (χ1v) is 5.15. The van der Waals surface area contributed by atoms with E-state index in [4.69, 9.17) is 0 Å². The van der Waals surface area contributed by atoms with Gasteiger partial charge in [-0.15, -0.1) is 0 Å². The number of anilines is 1. The van der Waals surface area contributed by atoms with Gasteiger partial charge >= 0.3 is 0 Å². The van der Waals surface area contributed by atoms with Crippen LogP contribution in [0.3, 0.4) is 0 Å². The highest BCUT2D eigenvalue weighted by molar-refractivity contribution is 5.86. The second-order valence-corrected chi connectivity index (χ2v) is 3.99. The second-order valence-electron chi connectivity index (χ2n) is 3.99. The highest BCUT2D eigenvalue weighted by Gasteiger charge is 2.30. The lowest BCUT2D eigenvalue weighted by molar-refractivity contribution is -0.127. The van der Waals surface area contributed by atoms with Crippen molar-refractivity contribution in [2.24, 2.45) is 0 Å². The van der Waals surface area contributed by atoms with E-state index in [-0.39, 0.29) is 5.91 Å². The number of nitrogens with zero attached hydrogens (tertiary/aromatic N) is 1. The topological polar surface area (TPSA) is 32.3 Å². The second kappa shape index (κ2) is 4.27. The molecule has 0 aromatic heterocycles. The Hall–Kier alpha value is -1.72. The number of carbonyl (C=O) groups excluding carboxylic acids is 1. The number of likely N-dealkylation sites (tertiary alicyclic amines) is 1. The Balaban J connectivity index is 2.22. The van der Waals surface area contributed by atoms with Crippen LogP contribution in [-0.4, -0.2) is 30.4 Å². The van der Waals surface area contributed by atoms with E-state index in [0.29, 0.717) is 25.1 Å². The molecule has 0 aliphatic carbocycles. The number of rotatable bonds is 2. The third kappa shape index (κ3) is 2.20. The molecule has 1 aromatic rings. The number of likely N-dealkylation sites (N-methyl/N-ethyl adjacent to an activating group) is 1. The Morgan fingerprint density at radius 2 is 1.88 bits per heavy atom. The highest BCUT2D eigenvalue weighted by atomic mass is 19.1. The van der Waals surface area contributed by atoms with Crippen molar-refractivity contribution < 1.29 is 18.0 Å². The lowest BCUT2D eigenvalue weighted by Crippen LogP contribution is -2.31. The largest absolute Gasteiger partial charge is 0.369 e. The normalized spacial score (nSPS) is 19.9. The monoisotopic (exact) mass is 244 g/mol. The first-order chi connectivity index (χ1) is 7.99. The lowest BCUT2D eigenvalue weighted by atomic mass is 10.2. The molecule has 17 heavy (non-hydrogen) atoms. The van der Waals surface area contributed by atoms with Gasteiger partial charge in [0, 0.05) is 25.7 Å². The quantitative estimate of drug-likeness (QED) is 0.859. The van der Waals surface area contributed by atoms with E-state index in [1.54, 1.807) is 7.05 Å². The molecule has 1 unspecified atom stereocenters. The predicted molar refractivity (Wildman–Crippen MR) is 56.0 cm³/mol. The molecule has 1 atom stereocenters. The molecule has 1 heterocycles. The fourth-order valence-corrected chi connectivity index (χ4v) is 1.81. The molecule has 1 N–H and O–H groups in total. The van der Waals surface area contributed by atoms with Gasteiger partial charge in [0.2, 0.25) is 5.91 Å². The molecule has 0 bridgehead atoms. The van der Waals surface area contributed by atoms with E-state index in [1.165, 1.54) is 4.90 Å². The number of hydrogen-bond donors (Lipinski definition) is 1. The maximum Gasteiger partial charge on any atom is 0.244 e. The predicted octanol–water partition coefficient (Wildman–Crippen LogP) is 1.75. The van der Waals surface area contributed by atoms with Crippen molar-refractivity contribution in [3.63, 3.8) is 0 Å². The molecule has 1 aliphatic heterocycles. The molecule has 92 valence electrons. The van der Waals surface area contributed by atoms with Crippen molar-refractivity contribution in [2.45, 2.75) is 12.5 Å². The van der Waals surface area contributed by atoms with Gasteiger partial charge in [-0.2, -0.15) is 0 Å². The molecular weight excluding hydrogens is 233 g/mol. The minimum Gasteiger partial charge on any atom is -0.369 e. The third-order valence-corrected chi connectivity index (χ3v) is 2.75. The van der Waals surface area contributed by atoms with Crippen LogP contribution in [0.5, 0.6) is 0 Å². The molecule has 0 spiro atoms. The van der Waals surface area contributed by atoms with E-state index in [2.05, 4.69) is 5.32 Å². The van der Waals surface area contributed by atoms with Crippen LogP contribution in [-0.2, 0) is 4.79 Å². The molecule has 6 heteroatoms. The van der Waals surface area contributed by atoms with Crippen LogP contribution in [0.4, 0.5) is 18.9 Å². The van der Waals surface area contributed by atoms with Crippen molar-refractivity contribution in [1.29, 1.82) is 0 Å². The van der Waals surface area contributed by atoms with Crippen molar-refractivity contribution in [2.75, 3.05) is 18.9 Å². The average Bonchev–Trinajstić information content (AvgIpc) is 2.54. The Labute approximate surface area is 96.2 Å². The summed E-state index contributed by atoms with van der Waals surface area (Å²) in [5.74, 6) is -3.29. The van der Waals surface area contributed by atoms with Gasteiger partial charge < -0.3 is 10.2 Å². The number of halogens is 3. The summed E-state index contributed by atoms with van der Waals surface area (Å²) in [6.45, 7) is 0.529. The Morgan fingerprint density at radius 3 is 2.35 bits per heavy atom. The van der Waals surface area contributed by atoms with Crippen LogP contribution in [0.25, 0.3) is 0 Å². The van der Waals surface area contributed by atoms with Gasteiger partial charge in [0.05, 0.1) is 0 Å². The van der Waals surface area contributed by atoms with Gasteiger partial charge in [-0.05, 0) is 6.42 Å². The number of amides is 1. The SMILES string of the molecule is CN1CCC(Nc2c(F)cc(F)cc2F)C1=O. The fourth-order valence-electron chi connectivity index (χ4n) is 1.81. The van der Waals surface area contributed by atoms with Gasteiger partial charge in [-0.25, -0.2) is 13.2 Å². The zero-order chi connectivity index (χ0) is 12.6. The molecule has 0 saturated carbocycles. The van der Waals surface area contributed by atoms with Gasteiger partial charge in [0.1, 0.15) is 17.5 Å². The number of nitrogens with one attached hydrogen (secondary N) is 1. The lowest BCUT2D eigenvalue weighted by Gasteiger charge is -2.14. The first-order valence-electron chi connectivity index (χ1n) is 5.15.